The molecule has 0 bridgehead atoms. The van der Waals surface area contributed by atoms with Crippen LogP contribution in [0.5, 0.6) is 0 Å². The number of hydrogen-bond acceptors (Lipinski definition) is 7. The van der Waals surface area contributed by atoms with Gasteiger partial charge < -0.3 is 4.90 Å². The third kappa shape index (κ3) is 3.36. The number of aromatic amines is 1. The predicted molar refractivity (Wildman–Crippen MR) is 117 cm³/mol. The number of carbonyl (C=O) groups is 1. The van der Waals surface area contributed by atoms with Gasteiger partial charge in [-0.15, -0.1) is 0 Å². The maximum Gasteiger partial charge on any atom is 0.269 e. The molecule has 3 heterocycles. The summed E-state index contributed by atoms with van der Waals surface area (Å²) in [7, 11) is 0. The molecule has 2 fully saturated rings. The van der Waals surface area contributed by atoms with Gasteiger partial charge in [-0.2, -0.15) is 15.1 Å². The normalized spacial score (nSPS) is 24.0. The van der Waals surface area contributed by atoms with Gasteiger partial charge in [0.15, 0.2) is 5.17 Å². The number of H-pyrrole nitrogens is 1. The molecular weight excluding hydrogens is 404 g/mol. The molecule has 3 aliphatic rings. The highest BCUT2D eigenvalue weighted by molar-refractivity contribution is 8.19. The van der Waals surface area contributed by atoms with Crippen LogP contribution in [0.2, 0.25) is 0 Å². The lowest BCUT2D eigenvalue weighted by Gasteiger charge is -2.30. The molecule has 1 aromatic heterocycles. The highest BCUT2D eigenvalue weighted by atomic mass is 32.2. The van der Waals surface area contributed by atoms with Crippen LogP contribution in [-0.4, -0.2) is 43.7 Å². The smallest absolute Gasteiger partial charge is 0.269 e. The first-order valence-corrected chi connectivity index (χ1v) is 11.6. The van der Waals surface area contributed by atoms with E-state index in [9.17, 15) is 4.79 Å². The number of anilines is 1. The zero-order valence-electron chi connectivity index (χ0n) is 16.2. The monoisotopic (exact) mass is 426 g/mol. The zero-order valence-corrected chi connectivity index (χ0v) is 17.8. The number of aliphatic imine (C=N–C) groups is 1. The van der Waals surface area contributed by atoms with Gasteiger partial charge in [0.1, 0.15) is 16.3 Å². The van der Waals surface area contributed by atoms with Crippen molar-refractivity contribution in [2.45, 2.75) is 50.0 Å². The van der Waals surface area contributed by atoms with Crippen molar-refractivity contribution >= 4 is 46.2 Å². The number of nitrogens with one attached hydrogen (secondary N) is 1. The van der Waals surface area contributed by atoms with E-state index in [0.29, 0.717) is 11.1 Å². The summed E-state index contributed by atoms with van der Waals surface area (Å²) in [5.74, 6) is 0.496. The molecule has 1 aliphatic carbocycles. The summed E-state index contributed by atoms with van der Waals surface area (Å²) >= 11 is 3.14. The van der Waals surface area contributed by atoms with Crippen LogP contribution in [0.3, 0.4) is 0 Å². The molecule has 9 heteroatoms. The molecule has 1 saturated heterocycles. The molecule has 2 aliphatic heterocycles. The fourth-order valence-corrected chi connectivity index (χ4v) is 6.55. The summed E-state index contributed by atoms with van der Waals surface area (Å²) in [5, 5.41) is 8.39. The number of benzene rings is 1. The van der Waals surface area contributed by atoms with Crippen LogP contribution < -0.4 is 4.90 Å². The van der Waals surface area contributed by atoms with Crippen LogP contribution >= 0.6 is 23.5 Å². The van der Waals surface area contributed by atoms with E-state index in [0.717, 1.165) is 42.2 Å². The second kappa shape index (κ2) is 7.87. The van der Waals surface area contributed by atoms with Gasteiger partial charge in [0.25, 0.3) is 5.91 Å². The van der Waals surface area contributed by atoms with Gasteiger partial charge in [-0.05, 0) is 43.7 Å². The van der Waals surface area contributed by atoms with E-state index in [1.54, 1.807) is 11.8 Å². The molecule has 29 heavy (non-hydrogen) atoms. The Morgan fingerprint density at radius 2 is 2.03 bits per heavy atom. The summed E-state index contributed by atoms with van der Waals surface area (Å²) < 4.78 is 0. The number of amidine groups is 1. The Labute approximate surface area is 178 Å². The van der Waals surface area contributed by atoms with E-state index < -0.39 is 0 Å². The molecule has 1 saturated carbocycles. The number of amides is 1. The molecule has 1 N–H and O–H groups in total. The van der Waals surface area contributed by atoms with Gasteiger partial charge in [0.05, 0.1) is 5.69 Å². The van der Waals surface area contributed by atoms with E-state index in [4.69, 9.17) is 0 Å². The minimum Gasteiger partial charge on any atom is -0.334 e. The number of hydrogen-bond donors (Lipinski definition) is 1. The lowest BCUT2D eigenvalue weighted by Crippen LogP contribution is -2.40. The van der Waals surface area contributed by atoms with E-state index in [-0.39, 0.29) is 11.9 Å². The van der Waals surface area contributed by atoms with E-state index in [2.05, 4.69) is 44.1 Å². The fraction of sp³-hybridized carbons (Fsp3) is 0.400. The zero-order chi connectivity index (χ0) is 19.8. The van der Waals surface area contributed by atoms with Crippen molar-refractivity contribution in [2.24, 2.45) is 4.99 Å². The average Bonchev–Trinajstić information content (AvgIpc) is 3.46. The van der Waals surface area contributed by atoms with Crippen molar-refractivity contribution in [3.05, 3.63) is 40.5 Å². The SMILES string of the molecule is CCN1/C(=C2/SC(=Nc3ncn[nH]3)N(C3CCCCC3)C2=O)Sc2ccccc21. The average molecular weight is 427 g/mol. The number of para-hydroxylation sites is 1. The van der Waals surface area contributed by atoms with E-state index >= 15 is 0 Å². The Bertz CT molecular complexity index is 981. The van der Waals surface area contributed by atoms with Crippen LogP contribution in [0.25, 0.3) is 0 Å². The Morgan fingerprint density at radius 3 is 2.79 bits per heavy atom. The van der Waals surface area contributed by atoms with Crippen LogP contribution in [0.1, 0.15) is 39.0 Å². The molecule has 5 rings (SSSR count). The highest BCUT2D eigenvalue weighted by Crippen LogP contribution is 2.51. The standard InChI is InChI=1S/C20H22N6OS2/c1-2-25-14-10-6-7-11-15(14)28-18(25)16-17(27)26(13-8-4-3-5-9-13)20(29-16)23-19-21-12-22-24-19/h6-7,10-13H,2-5,8-9H2,1H3,(H,21,22,24)/b18-16-,23-20?. The molecule has 0 radical (unpaired) electrons. The van der Waals surface area contributed by atoms with Crippen LogP contribution in [0.15, 0.2) is 50.4 Å². The maximum absolute atomic E-state index is 13.6. The molecule has 0 atom stereocenters. The number of aromatic nitrogens is 3. The van der Waals surface area contributed by atoms with Gasteiger partial charge >= 0.3 is 0 Å². The summed E-state index contributed by atoms with van der Waals surface area (Å²) in [4.78, 5) is 28.5. The third-order valence-corrected chi connectivity index (χ3v) is 7.83. The summed E-state index contributed by atoms with van der Waals surface area (Å²) in [6.07, 6.45) is 7.03. The van der Waals surface area contributed by atoms with Gasteiger partial charge in [-0.1, -0.05) is 43.2 Å². The van der Waals surface area contributed by atoms with E-state index in [1.807, 2.05) is 17.0 Å². The van der Waals surface area contributed by atoms with Gasteiger partial charge in [0.2, 0.25) is 5.95 Å². The molecule has 0 spiro atoms. The molecular formula is C20H22N6OS2. The highest BCUT2D eigenvalue weighted by Gasteiger charge is 2.43. The Kier molecular flexibility index (Phi) is 5.09. The maximum atomic E-state index is 13.6. The summed E-state index contributed by atoms with van der Waals surface area (Å²) in [5.41, 5.74) is 1.17. The van der Waals surface area contributed by atoms with Gasteiger partial charge in [-0.25, -0.2) is 5.10 Å². The number of thioether (sulfide) groups is 2. The number of carbonyl (C=O) groups excluding carboxylic acids is 1. The largest absolute Gasteiger partial charge is 0.334 e. The second-order valence-corrected chi connectivity index (χ2v) is 9.23. The summed E-state index contributed by atoms with van der Waals surface area (Å²) in [6.45, 7) is 2.93. The van der Waals surface area contributed by atoms with Crippen LogP contribution in [-0.2, 0) is 4.79 Å². The number of nitrogens with zero attached hydrogens (tertiary/aromatic N) is 5. The topological polar surface area (TPSA) is 77.5 Å². The number of rotatable bonds is 3. The van der Waals surface area contributed by atoms with Crippen molar-refractivity contribution in [2.75, 3.05) is 11.4 Å². The molecule has 7 nitrogen and oxygen atoms in total. The Hall–Kier alpha value is -2.26. The Balaban J connectivity index is 1.56. The third-order valence-electron chi connectivity index (χ3n) is 5.47. The lowest BCUT2D eigenvalue weighted by atomic mass is 9.94. The van der Waals surface area contributed by atoms with Crippen LogP contribution in [0.4, 0.5) is 11.6 Å². The quantitative estimate of drug-likeness (QED) is 0.728. The lowest BCUT2D eigenvalue weighted by molar-refractivity contribution is -0.124. The second-order valence-electron chi connectivity index (χ2n) is 7.22. The summed E-state index contributed by atoms with van der Waals surface area (Å²) in [6, 6.07) is 8.52. The minimum absolute atomic E-state index is 0.0638. The van der Waals surface area contributed by atoms with Crippen molar-refractivity contribution < 1.29 is 4.79 Å². The first-order chi connectivity index (χ1) is 14.3. The molecule has 1 amide bonds. The van der Waals surface area contributed by atoms with E-state index in [1.165, 1.54) is 35.1 Å². The molecule has 1 aromatic carbocycles. The van der Waals surface area contributed by atoms with Gasteiger partial charge in [0, 0.05) is 17.5 Å². The molecule has 2 aromatic rings. The van der Waals surface area contributed by atoms with Crippen molar-refractivity contribution in [3.8, 4) is 0 Å². The van der Waals surface area contributed by atoms with Crippen molar-refractivity contribution in [3.63, 3.8) is 0 Å². The minimum atomic E-state index is 0.0638. The predicted octanol–water partition coefficient (Wildman–Crippen LogP) is 4.50. The first-order valence-electron chi connectivity index (χ1n) is 10.0. The van der Waals surface area contributed by atoms with Gasteiger partial charge in [-0.3, -0.25) is 9.69 Å². The molecule has 150 valence electrons. The van der Waals surface area contributed by atoms with Crippen molar-refractivity contribution in [1.82, 2.24) is 20.1 Å². The first kappa shape index (κ1) is 18.7. The van der Waals surface area contributed by atoms with Crippen molar-refractivity contribution in [1.29, 1.82) is 0 Å². The number of fused-ring (bicyclic) bond motifs is 1. The van der Waals surface area contributed by atoms with Crippen LogP contribution in [0, 0.1) is 0 Å². The molecule has 0 unspecified atom stereocenters. The Morgan fingerprint density at radius 1 is 1.21 bits per heavy atom. The fourth-order valence-electron chi connectivity index (χ4n) is 4.11.